The highest BCUT2D eigenvalue weighted by Gasteiger charge is 2.02. The molecule has 0 atom stereocenters. The first-order valence-corrected chi connectivity index (χ1v) is 5.32. The van der Waals surface area contributed by atoms with Gasteiger partial charge in [-0.15, -0.1) is 0 Å². The first kappa shape index (κ1) is 12.5. The molecule has 0 saturated carbocycles. The molecule has 0 unspecified atom stereocenters. The molecule has 1 rings (SSSR count). The number of hydrogen-bond donors (Lipinski definition) is 0. The van der Waals surface area contributed by atoms with E-state index in [9.17, 15) is 0 Å². The predicted octanol–water partition coefficient (Wildman–Crippen LogP) is 1.81. The number of ether oxygens (including phenoxy) is 1. The van der Waals surface area contributed by atoms with Crippen LogP contribution in [0, 0.1) is 11.3 Å². The van der Waals surface area contributed by atoms with E-state index < -0.39 is 0 Å². The van der Waals surface area contributed by atoms with Crippen LogP contribution in [0.5, 0.6) is 0 Å². The normalized spacial score (nSPS) is 10.2. The maximum Gasteiger partial charge on any atom is 0.140 e. The Balaban J connectivity index is 2.47. The van der Waals surface area contributed by atoms with Gasteiger partial charge in [-0.3, -0.25) is 0 Å². The van der Waals surface area contributed by atoms with Crippen molar-refractivity contribution in [2.75, 3.05) is 25.1 Å². The van der Waals surface area contributed by atoms with Crippen LogP contribution < -0.4 is 4.90 Å². The quantitative estimate of drug-likeness (QED) is 0.758. The average molecular weight is 219 g/mol. The van der Waals surface area contributed by atoms with Gasteiger partial charge in [-0.2, -0.15) is 5.26 Å². The third-order valence-electron chi connectivity index (χ3n) is 2.18. The molecule has 1 aromatic rings. The molecule has 0 N–H and O–H groups in total. The Hall–Kier alpha value is -1.60. The van der Waals surface area contributed by atoms with Gasteiger partial charge in [0.1, 0.15) is 11.8 Å². The molecule has 0 aliphatic heterocycles. The van der Waals surface area contributed by atoms with Crippen molar-refractivity contribution in [1.29, 1.82) is 5.26 Å². The minimum absolute atomic E-state index is 0.257. The zero-order chi connectivity index (χ0) is 12.0. The van der Waals surface area contributed by atoms with Crippen molar-refractivity contribution < 1.29 is 4.74 Å². The summed E-state index contributed by atoms with van der Waals surface area (Å²) in [4.78, 5) is 6.07. The lowest BCUT2D eigenvalue weighted by Crippen LogP contribution is -2.23. The summed E-state index contributed by atoms with van der Waals surface area (Å²) < 4.78 is 5.46. The van der Waals surface area contributed by atoms with E-state index in [0.29, 0.717) is 12.3 Å². The van der Waals surface area contributed by atoms with Gasteiger partial charge in [0, 0.05) is 13.6 Å². The molecule has 0 spiro atoms. The molecule has 1 aromatic heterocycles. The standard InChI is InChI=1S/C12H17N3O/c1-10(2)16-7-6-15(3)12-5-4-11(8-13)14-9-12/h4-5,9-10H,6-7H2,1-3H3. The first-order chi connectivity index (χ1) is 7.63. The van der Waals surface area contributed by atoms with Gasteiger partial charge < -0.3 is 9.64 Å². The fraction of sp³-hybridized carbons (Fsp3) is 0.500. The van der Waals surface area contributed by atoms with Crippen LogP contribution in [0.4, 0.5) is 5.69 Å². The highest BCUT2D eigenvalue weighted by atomic mass is 16.5. The topological polar surface area (TPSA) is 49.1 Å². The molecule has 0 aliphatic rings. The van der Waals surface area contributed by atoms with Crippen molar-refractivity contribution in [2.45, 2.75) is 20.0 Å². The molecule has 0 aromatic carbocycles. The van der Waals surface area contributed by atoms with Gasteiger partial charge in [0.05, 0.1) is 24.6 Å². The second-order valence-corrected chi connectivity index (χ2v) is 3.85. The van der Waals surface area contributed by atoms with E-state index in [2.05, 4.69) is 9.88 Å². The number of hydrogen-bond acceptors (Lipinski definition) is 4. The Labute approximate surface area is 96.5 Å². The molecule has 4 nitrogen and oxygen atoms in total. The van der Waals surface area contributed by atoms with Crippen LogP contribution in [-0.4, -0.2) is 31.3 Å². The van der Waals surface area contributed by atoms with Crippen molar-refractivity contribution in [3.63, 3.8) is 0 Å². The zero-order valence-electron chi connectivity index (χ0n) is 9.97. The fourth-order valence-corrected chi connectivity index (χ4v) is 1.23. The summed E-state index contributed by atoms with van der Waals surface area (Å²) in [6.07, 6.45) is 1.96. The molecule has 4 heteroatoms. The van der Waals surface area contributed by atoms with E-state index in [-0.39, 0.29) is 6.10 Å². The maximum atomic E-state index is 8.62. The smallest absolute Gasteiger partial charge is 0.140 e. The van der Waals surface area contributed by atoms with Crippen LogP contribution in [0.1, 0.15) is 19.5 Å². The second-order valence-electron chi connectivity index (χ2n) is 3.85. The summed E-state index contributed by atoms with van der Waals surface area (Å²) in [7, 11) is 1.98. The molecule has 0 fully saturated rings. The lowest BCUT2D eigenvalue weighted by atomic mass is 10.3. The molecule has 0 radical (unpaired) electrons. The summed E-state index contributed by atoms with van der Waals surface area (Å²) in [6, 6.07) is 5.60. The van der Waals surface area contributed by atoms with Crippen LogP contribution >= 0.6 is 0 Å². The molecule has 16 heavy (non-hydrogen) atoms. The van der Waals surface area contributed by atoms with Gasteiger partial charge in [-0.25, -0.2) is 4.98 Å². The molecule has 0 saturated heterocycles. The summed E-state index contributed by atoms with van der Waals surface area (Å²) in [6.45, 7) is 5.53. The fourth-order valence-electron chi connectivity index (χ4n) is 1.23. The number of aromatic nitrogens is 1. The van der Waals surface area contributed by atoms with Gasteiger partial charge in [0.25, 0.3) is 0 Å². The Morgan fingerprint density at radius 2 is 2.25 bits per heavy atom. The Kier molecular flexibility index (Phi) is 4.74. The van der Waals surface area contributed by atoms with Crippen LogP contribution in [0.3, 0.4) is 0 Å². The highest BCUT2D eigenvalue weighted by molar-refractivity contribution is 5.44. The lowest BCUT2D eigenvalue weighted by molar-refractivity contribution is 0.0846. The van der Waals surface area contributed by atoms with Gasteiger partial charge in [-0.1, -0.05) is 0 Å². The molecule has 0 bridgehead atoms. The minimum Gasteiger partial charge on any atom is -0.377 e. The predicted molar refractivity (Wildman–Crippen MR) is 63.3 cm³/mol. The Morgan fingerprint density at radius 3 is 2.75 bits per heavy atom. The largest absolute Gasteiger partial charge is 0.377 e. The van der Waals surface area contributed by atoms with Crippen molar-refractivity contribution >= 4 is 5.69 Å². The van der Waals surface area contributed by atoms with Crippen molar-refractivity contribution in [1.82, 2.24) is 4.98 Å². The molecular weight excluding hydrogens is 202 g/mol. The number of anilines is 1. The molecular formula is C12H17N3O. The van der Waals surface area contributed by atoms with E-state index in [1.54, 1.807) is 12.3 Å². The Bertz CT molecular complexity index is 354. The van der Waals surface area contributed by atoms with Gasteiger partial charge in [0.15, 0.2) is 0 Å². The van der Waals surface area contributed by atoms with E-state index in [1.165, 1.54) is 0 Å². The lowest BCUT2D eigenvalue weighted by Gasteiger charge is -2.19. The van der Waals surface area contributed by atoms with E-state index in [1.807, 2.05) is 33.0 Å². The third kappa shape index (κ3) is 3.87. The zero-order valence-corrected chi connectivity index (χ0v) is 9.97. The molecule has 0 amide bonds. The molecule has 1 heterocycles. The van der Waals surface area contributed by atoms with E-state index in [0.717, 1.165) is 12.2 Å². The van der Waals surface area contributed by atoms with E-state index in [4.69, 9.17) is 10.00 Å². The SMILES string of the molecule is CC(C)OCCN(C)c1ccc(C#N)nc1. The van der Waals surface area contributed by atoms with Crippen LogP contribution in [0.15, 0.2) is 18.3 Å². The highest BCUT2D eigenvalue weighted by Crippen LogP contribution is 2.10. The monoisotopic (exact) mass is 219 g/mol. The summed E-state index contributed by atoms with van der Waals surface area (Å²) in [5.74, 6) is 0. The van der Waals surface area contributed by atoms with Gasteiger partial charge in [0.2, 0.25) is 0 Å². The van der Waals surface area contributed by atoms with Crippen LogP contribution in [0.2, 0.25) is 0 Å². The van der Waals surface area contributed by atoms with Crippen LogP contribution in [0.25, 0.3) is 0 Å². The van der Waals surface area contributed by atoms with Crippen LogP contribution in [-0.2, 0) is 4.74 Å². The van der Waals surface area contributed by atoms with Crippen molar-refractivity contribution in [2.24, 2.45) is 0 Å². The van der Waals surface area contributed by atoms with Gasteiger partial charge in [-0.05, 0) is 26.0 Å². The molecule has 86 valence electrons. The summed E-state index contributed by atoms with van der Waals surface area (Å²) in [5, 5.41) is 8.62. The maximum absolute atomic E-state index is 8.62. The van der Waals surface area contributed by atoms with E-state index >= 15 is 0 Å². The van der Waals surface area contributed by atoms with Gasteiger partial charge >= 0.3 is 0 Å². The van der Waals surface area contributed by atoms with Crippen molar-refractivity contribution in [3.05, 3.63) is 24.0 Å². The van der Waals surface area contributed by atoms with Crippen molar-refractivity contribution in [3.8, 4) is 6.07 Å². The number of nitriles is 1. The third-order valence-corrected chi connectivity index (χ3v) is 2.18. The molecule has 0 aliphatic carbocycles. The Morgan fingerprint density at radius 1 is 1.50 bits per heavy atom. The first-order valence-electron chi connectivity index (χ1n) is 5.32. The average Bonchev–Trinajstić information content (AvgIpc) is 2.28. The number of nitrogens with zero attached hydrogens (tertiary/aromatic N) is 3. The number of rotatable bonds is 5. The number of likely N-dealkylation sites (N-methyl/N-ethyl adjacent to an activating group) is 1. The summed E-state index contributed by atoms with van der Waals surface area (Å²) in [5.41, 5.74) is 1.43. The minimum atomic E-state index is 0.257. The number of pyridine rings is 1. The second kappa shape index (κ2) is 6.09. The summed E-state index contributed by atoms with van der Waals surface area (Å²) >= 11 is 0.